The van der Waals surface area contributed by atoms with Crippen molar-refractivity contribution >= 4 is 23.3 Å². The summed E-state index contributed by atoms with van der Waals surface area (Å²) in [4.78, 5) is 37.4. The van der Waals surface area contributed by atoms with Crippen molar-refractivity contribution < 1.29 is 19.5 Å². The van der Waals surface area contributed by atoms with Crippen LogP contribution >= 0.6 is 0 Å². The standard InChI is InChI=1S/C21H22N2O4/c24-18-10-12-23(13-11-18)17-8-6-16(7-9-17)20(25)22-19(21(26)27)14-15-4-2-1-3-5-15/h1-9,19H,10-14H2,(H,22,25)(H,26,27)/t19-/m0/s1. The lowest BCUT2D eigenvalue weighted by Crippen LogP contribution is -2.42. The summed E-state index contributed by atoms with van der Waals surface area (Å²) in [5.41, 5.74) is 2.21. The third-order valence-corrected chi connectivity index (χ3v) is 4.70. The SMILES string of the molecule is O=C1CCN(c2ccc(C(=O)N[C@@H](Cc3ccccc3)C(=O)O)cc2)CC1. The molecule has 0 spiro atoms. The van der Waals surface area contributed by atoms with Crippen LogP contribution in [0.4, 0.5) is 5.69 Å². The Bertz CT molecular complexity index is 808. The molecule has 27 heavy (non-hydrogen) atoms. The maximum Gasteiger partial charge on any atom is 0.326 e. The lowest BCUT2D eigenvalue weighted by molar-refractivity contribution is -0.139. The lowest BCUT2D eigenvalue weighted by atomic mass is 10.1. The van der Waals surface area contributed by atoms with E-state index in [9.17, 15) is 19.5 Å². The van der Waals surface area contributed by atoms with Crippen LogP contribution < -0.4 is 10.2 Å². The first-order valence-corrected chi connectivity index (χ1v) is 8.97. The van der Waals surface area contributed by atoms with Gasteiger partial charge in [0.1, 0.15) is 11.8 Å². The average molecular weight is 366 g/mol. The average Bonchev–Trinajstić information content (AvgIpc) is 2.69. The Morgan fingerprint density at radius 1 is 1.00 bits per heavy atom. The van der Waals surface area contributed by atoms with Crippen LogP contribution in [0.1, 0.15) is 28.8 Å². The Balaban J connectivity index is 1.63. The van der Waals surface area contributed by atoms with E-state index in [1.54, 1.807) is 12.1 Å². The Labute approximate surface area is 157 Å². The molecule has 0 bridgehead atoms. The third-order valence-electron chi connectivity index (χ3n) is 4.70. The number of piperidine rings is 1. The van der Waals surface area contributed by atoms with Crippen LogP contribution in [0.2, 0.25) is 0 Å². The smallest absolute Gasteiger partial charge is 0.326 e. The number of carbonyl (C=O) groups is 3. The van der Waals surface area contributed by atoms with Crippen LogP contribution in [0.25, 0.3) is 0 Å². The fourth-order valence-electron chi connectivity index (χ4n) is 3.13. The Morgan fingerprint density at radius 3 is 2.22 bits per heavy atom. The predicted molar refractivity (Wildman–Crippen MR) is 102 cm³/mol. The van der Waals surface area contributed by atoms with Gasteiger partial charge in [-0.05, 0) is 29.8 Å². The highest BCUT2D eigenvalue weighted by molar-refractivity contribution is 5.97. The van der Waals surface area contributed by atoms with Gasteiger partial charge in [-0.15, -0.1) is 0 Å². The van der Waals surface area contributed by atoms with Gasteiger partial charge >= 0.3 is 5.97 Å². The van der Waals surface area contributed by atoms with Crippen molar-refractivity contribution in [3.8, 4) is 0 Å². The summed E-state index contributed by atoms with van der Waals surface area (Å²) in [5.74, 6) is -1.21. The number of nitrogens with one attached hydrogen (secondary N) is 1. The number of Topliss-reactive ketones (excluding diaryl/α,β-unsaturated/α-hetero) is 1. The van der Waals surface area contributed by atoms with Crippen LogP contribution in [0.3, 0.4) is 0 Å². The van der Waals surface area contributed by atoms with Crippen LogP contribution in [-0.4, -0.2) is 41.9 Å². The van der Waals surface area contributed by atoms with Gasteiger partial charge in [-0.3, -0.25) is 9.59 Å². The number of benzene rings is 2. The van der Waals surface area contributed by atoms with Crippen molar-refractivity contribution in [2.24, 2.45) is 0 Å². The molecule has 6 heteroatoms. The fourth-order valence-corrected chi connectivity index (χ4v) is 3.13. The molecule has 2 aromatic carbocycles. The summed E-state index contributed by atoms with van der Waals surface area (Å²) < 4.78 is 0. The van der Waals surface area contributed by atoms with Crippen molar-refractivity contribution in [2.45, 2.75) is 25.3 Å². The molecule has 0 radical (unpaired) electrons. The van der Waals surface area contributed by atoms with Gasteiger partial charge in [-0.2, -0.15) is 0 Å². The molecule has 0 aromatic heterocycles. The Morgan fingerprint density at radius 2 is 1.63 bits per heavy atom. The Hall–Kier alpha value is -3.15. The summed E-state index contributed by atoms with van der Waals surface area (Å²) in [7, 11) is 0. The summed E-state index contributed by atoms with van der Waals surface area (Å²) in [6, 6.07) is 15.2. The predicted octanol–water partition coefficient (Wildman–Crippen LogP) is 2.28. The highest BCUT2D eigenvalue weighted by atomic mass is 16.4. The van der Waals surface area contributed by atoms with Gasteiger partial charge < -0.3 is 15.3 Å². The highest BCUT2D eigenvalue weighted by Gasteiger charge is 2.21. The van der Waals surface area contributed by atoms with E-state index in [2.05, 4.69) is 10.2 Å². The molecule has 1 fully saturated rings. The second-order valence-electron chi connectivity index (χ2n) is 6.63. The van der Waals surface area contributed by atoms with Crippen molar-refractivity contribution in [1.82, 2.24) is 5.32 Å². The molecule has 6 nitrogen and oxygen atoms in total. The minimum atomic E-state index is -1.07. The first-order chi connectivity index (χ1) is 13.0. The van der Waals surface area contributed by atoms with E-state index in [4.69, 9.17) is 0 Å². The number of hydrogen-bond donors (Lipinski definition) is 2. The summed E-state index contributed by atoms with van der Waals surface area (Å²) >= 11 is 0. The van der Waals surface area contributed by atoms with E-state index in [0.717, 1.165) is 11.3 Å². The molecule has 1 aliphatic rings. The van der Waals surface area contributed by atoms with E-state index in [1.807, 2.05) is 42.5 Å². The number of rotatable bonds is 6. The number of carboxylic acids is 1. The third kappa shape index (κ3) is 4.94. The van der Waals surface area contributed by atoms with E-state index in [1.165, 1.54) is 0 Å². The zero-order valence-electron chi connectivity index (χ0n) is 14.9. The van der Waals surface area contributed by atoms with Crippen molar-refractivity contribution in [1.29, 1.82) is 0 Å². The fraction of sp³-hybridized carbons (Fsp3) is 0.286. The molecule has 1 amide bonds. The van der Waals surface area contributed by atoms with Gasteiger partial charge in [0.05, 0.1) is 0 Å². The number of nitrogens with zero attached hydrogens (tertiary/aromatic N) is 1. The van der Waals surface area contributed by atoms with Crippen LogP contribution in [0.5, 0.6) is 0 Å². The van der Waals surface area contributed by atoms with Crippen molar-refractivity contribution in [3.05, 3.63) is 65.7 Å². The van der Waals surface area contributed by atoms with Gasteiger partial charge in [-0.1, -0.05) is 30.3 Å². The molecule has 0 saturated carbocycles. The zero-order chi connectivity index (χ0) is 19.2. The summed E-state index contributed by atoms with van der Waals surface area (Å²) in [6.45, 7) is 1.37. The molecule has 0 aliphatic carbocycles. The second-order valence-corrected chi connectivity index (χ2v) is 6.63. The maximum absolute atomic E-state index is 12.4. The molecule has 3 rings (SSSR count). The molecule has 2 N–H and O–H groups in total. The topological polar surface area (TPSA) is 86.7 Å². The summed E-state index contributed by atoms with van der Waals surface area (Å²) in [6.07, 6.45) is 1.31. The first kappa shape index (κ1) is 18.6. The number of carbonyl (C=O) groups excluding carboxylic acids is 2. The minimum Gasteiger partial charge on any atom is -0.480 e. The number of hydrogen-bond acceptors (Lipinski definition) is 4. The van der Waals surface area contributed by atoms with E-state index in [0.29, 0.717) is 31.5 Å². The minimum absolute atomic E-state index is 0.224. The number of ketones is 1. The summed E-state index contributed by atoms with van der Waals surface area (Å²) in [5, 5.41) is 12.0. The van der Waals surface area contributed by atoms with Gasteiger partial charge in [0, 0.05) is 43.6 Å². The molecule has 2 aromatic rings. The van der Waals surface area contributed by atoms with E-state index in [-0.39, 0.29) is 12.2 Å². The number of amides is 1. The van der Waals surface area contributed by atoms with Gasteiger partial charge in [-0.25, -0.2) is 4.79 Å². The van der Waals surface area contributed by atoms with Gasteiger partial charge in [0.15, 0.2) is 0 Å². The van der Waals surface area contributed by atoms with Crippen LogP contribution in [0, 0.1) is 0 Å². The second kappa shape index (κ2) is 8.49. The molecule has 1 aliphatic heterocycles. The maximum atomic E-state index is 12.4. The molecule has 1 saturated heterocycles. The normalized spacial score (nSPS) is 15.3. The van der Waals surface area contributed by atoms with Gasteiger partial charge in [0.25, 0.3) is 5.91 Å². The van der Waals surface area contributed by atoms with Crippen LogP contribution in [-0.2, 0) is 16.0 Å². The molecule has 140 valence electrons. The van der Waals surface area contributed by atoms with Crippen molar-refractivity contribution in [2.75, 3.05) is 18.0 Å². The van der Waals surface area contributed by atoms with E-state index < -0.39 is 17.9 Å². The monoisotopic (exact) mass is 366 g/mol. The quantitative estimate of drug-likeness (QED) is 0.819. The van der Waals surface area contributed by atoms with Gasteiger partial charge in [0.2, 0.25) is 0 Å². The first-order valence-electron chi connectivity index (χ1n) is 8.97. The Kier molecular flexibility index (Phi) is 5.86. The molecular formula is C21H22N2O4. The molecular weight excluding hydrogens is 344 g/mol. The largest absolute Gasteiger partial charge is 0.480 e. The zero-order valence-corrected chi connectivity index (χ0v) is 14.9. The molecule has 1 heterocycles. The van der Waals surface area contributed by atoms with Crippen molar-refractivity contribution in [3.63, 3.8) is 0 Å². The highest BCUT2D eigenvalue weighted by Crippen LogP contribution is 2.19. The number of carboxylic acid groups (broad SMARTS) is 1. The van der Waals surface area contributed by atoms with Crippen LogP contribution in [0.15, 0.2) is 54.6 Å². The molecule has 1 atom stereocenters. The molecule has 0 unspecified atom stereocenters. The number of aliphatic carboxylic acids is 1. The number of anilines is 1. The lowest BCUT2D eigenvalue weighted by Gasteiger charge is -2.28. The van der Waals surface area contributed by atoms with E-state index >= 15 is 0 Å².